The minimum atomic E-state index is -3.42. The van der Waals surface area contributed by atoms with Crippen molar-refractivity contribution in [2.24, 2.45) is 0 Å². The minimum absolute atomic E-state index is 0.0318. The minimum Gasteiger partial charge on any atom is -0.348 e. The van der Waals surface area contributed by atoms with E-state index < -0.39 is 9.84 Å². The molecule has 0 bridgehead atoms. The van der Waals surface area contributed by atoms with Crippen LogP contribution in [0.4, 0.5) is 0 Å². The Morgan fingerprint density at radius 3 is 2.29 bits per heavy atom. The molecule has 0 atom stereocenters. The second-order valence-electron chi connectivity index (χ2n) is 4.57. The predicted octanol–water partition coefficient (Wildman–Crippen LogP) is 2.41. The highest BCUT2D eigenvalue weighted by Gasteiger charge is 2.20. The third-order valence-electron chi connectivity index (χ3n) is 3.14. The Morgan fingerprint density at radius 1 is 1.00 bits per heavy atom. The first kappa shape index (κ1) is 15.3. The second-order valence-corrected chi connectivity index (χ2v) is 6.81. The van der Waals surface area contributed by atoms with E-state index in [1.54, 1.807) is 19.1 Å². The van der Waals surface area contributed by atoms with Gasteiger partial charge in [-0.3, -0.25) is 4.79 Å². The van der Waals surface area contributed by atoms with Crippen LogP contribution in [-0.4, -0.2) is 20.1 Å². The molecule has 0 aliphatic carbocycles. The molecule has 1 N–H and O–H groups in total. The molecule has 0 aliphatic heterocycles. The molecule has 0 spiro atoms. The van der Waals surface area contributed by atoms with Crippen molar-refractivity contribution in [3.05, 3.63) is 65.7 Å². The summed E-state index contributed by atoms with van der Waals surface area (Å²) in [5.74, 6) is -0.415. The van der Waals surface area contributed by atoms with Crippen molar-refractivity contribution in [2.75, 3.05) is 5.75 Å². The lowest BCUT2D eigenvalue weighted by molar-refractivity contribution is 0.0947. The largest absolute Gasteiger partial charge is 0.348 e. The molecular weight excluding hydrogens is 286 g/mol. The smallest absolute Gasteiger partial charge is 0.252 e. The number of sulfone groups is 1. The number of carbonyl (C=O) groups is 1. The van der Waals surface area contributed by atoms with Gasteiger partial charge in [-0.1, -0.05) is 49.4 Å². The van der Waals surface area contributed by atoms with Crippen LogP contribution in [0.15, 0.2) is 59.5 Å². The molecule has 0 aliphatic rings. The van der Waals surface area contributed by atoms with Crippen molar-refractivity contribution in [1.29, 1.82) is 0 Å². The fourth-order valence-corrected chi connectivity index (χ4v) is 3.05. The second kappa shape index (κ2) is 6.54. The summed E-state index contributed by atoms with van der Waals surface area (Å²) in [6.45, 7) is 1.92. The van der Waals surface area contributed by atoms with Gasteiger partial charge in [0.15, 0.2) is 9.84 Å². The molecule has 21 heavy (non-hydrogen) atoms. The molecule has 2 rings (SSSR count). The first-order chi connectivity index (χ1) is 10.0. The fourth-order valence-electron chi connectivity index (χ4n) is 1.95. The maximum Gasteiger partial charge on any atom is 0.252 e. The molecule has 2 aromatic carbocycles. The third kappa shape index (κ3) is 3.70. The number of carbonyl (C=O) groups excluding carboxylic acids is 1. The van der Waals surface area contributed by atoms with Gasteiger partial charge in [0.2, 0.25) is 0 Å². The van der Waals surface area contributed by atoms with Crippen LogP contribution in [0.1, 0.15) is 22.8 Å². The van der Waals surface area contributed by atoms with E-state index in [1.165, 1.54) is 12.1 Å². The summed E-state index contributed by atoms with van der Waals surface area (Å²) < 4.78 is 24.0. The predicted molar refractivity (Wildman–Crippen MR) is 81.8 cm³/mol. The summed E-state index contributed by atoms with van der Waals surface area (Å²) in [6, 6.07) is 15.7. The number of rotatable bonds is 5. The molecule has 0 heterocycles. The number of hydrogen-bond donors (Lipinski definition) is 1. The average molecular weight is 303 g/mol. The van der Waals surface area contributed by atoms with E-state index in [9.17, 15) is 13.2 Å². The van der Waals surface area contributed by atoms with E-state index in [4.69, 9.17) is 0 Å². The van der Waals surface area contributed by atoms with Crippen LogP contribution >= 0.6 is 0 Å². The van der Waals surface area contributed by atoms with Gasteiger partial charge in [0.25, 0.3) is 5.91 Å². The molecule has 2 aromatic rings. The van der Waals surface area contributed by atoms with Crippen LogP contribution < -0.4 is 5.32 Å². The highest BCUT2D eigenvalue weighted by molar-refractivity contribution is 7.91. The molecule has 4 nitrogen and oxygen atoms in total. The van der Waals surface area contributed by atoms with Gasteiger partial charge in [0.1, 0.15) is 0 Å². The SMILES string of the molecule is CCS(=O)(=O)c1ccccc1C(=O)NCc1ccccc1. The summed E-state index contributed by atoms with van der Waals surface area (Å²) in [4.78, 5) is 12.3. The van der Waals surface area contributed by atoms with E-state index in [2.05, 4.69) is 5.32 Å². The van der Waals surface area contributed by atoms with E-state index in [1.807, 2.05) is 30.3 Å². The Labute approximate surface area is 124 Å². The van der Waals surface area contributed by atoms with Crippen molar-refractivity contribution in [1.82, 2.24) is 5.32 Å². The molecule has 0 saturated carbocycles. The molecule has 1 amide bonds. The van der Waals surface area contributed by atoms with Crippen LogP contribution in [0, 0.1) is 0 Å². The Morgan fingerprint density at radius 2 is 1.62 bits per heavy atom. The first-order valence-corrected chi connectivity index (χ1v) is 8.33. The van der Waals surface area contributed by atoms with Crippen molar-refractivity contribution >= 4 is 15.7 Å². The van der Waals surface area contributed by atoms with Crippen molar-refractivity contribution < 1.29 is 13.2 Å². The van der Waals surface area contributed by atoms with E-state index in [0.717, 1.165) is 5.56 Å². The molecular formula is C16H17NO3S. The lowest BCUT2D eigenvalue weighted by Crippen LogP contribution is -2.25. The van der Waals surface area contributed by atoms with E-state index in [0.29, 0.717) is 6.54 Å². The number of hydrogen-bond acceptors (Lipinski definition) is 3. The van der Waals surface area contributed by atoms with Gasteiger partial charge in [-0.15, -0.1) is 0 Å². The van der Waals surface area contributed by atoms with Crippen molar-refractivity contribution in [3.8, 4) is 0 Å². The zero-order chi connectivity index (χ0) is 15.3. The fraction of sp³-hybridized carbons (Fsp3) is 0.188. The first-order valence-electron chi connectivity index (χ1n) is 6.68. The normalized spacial score (nSPS) is 11.1. The van der Waals surface area contributed by atoms with E-state index in [-0.39, 0.29) is 22.1 Å². The lowest BCUT2D eigenvalue weighted by atomic mass is 10.2. The molecule has 110 valence electrons. The molecule has 0 fully saturated rings. The molecule has 0 radical (unpaired) electrons. The summed E-state index contributed by atoms with van der Waals surface area (Å²) >= 11 is 0. The summed E-state index contributed by atoms with van der Waals surface area (Å²) in [5, 5.41) is 2.75. The molecule has 5 heteroatoms. The lowest BCUT2D eigenvalue weighted by Gasteiger charge is -2.10. The van der Waals surface area contributed by atoms with Gasteiger partial charge in [0.05, 0.1) is 16.2 Å². The van der Waals surface area contributed by atoms with Crippen LogP contribution in [0.25, 0.3) is 0 Å². The quantitative estimate of drug-likeness (QED) is 0.922. The van der Waals surface area contributed by atoms with Gasteiger partial charge in [-0.25, -0.2) is 8.42 Å². The summed E-state index contributed by atoms with van der Waals surface area (Å²) in [5.41, 5.74) is 1.15. The number of amides is 1. The van der Waals surface area contributed by atoms with Gasteiger partial charge in [-0.05, 0) is 17.7 Å². The van der Waals surface area contributed by atoms with Gasteiger partial charge in [0, 0.05) is 6.54 Å². The number of nitrogens with one attached hydrogen (secondary N) is 1. The van der Waals surface area contributed by atoms with Crippen molar-refractivity contribution in [2.45, 2.75) is 18.4 Å². The highest BCUT2D eigenvalue weighted by Crippen LogP contribution is 2.17. The Hall–Kier alpha value is -2.14. The maximum absolute atomic E-state index is 12.2. The Bertz CT molecular complexity index is 724. The standard InChI is InChI=1S/C16H17NO3S/c1-2-21(19,20)15-11-7-6-10-14(15)16(18)17-12-13-8-4-3-5-9-13/h3-11H,2,12H2,1H3,(H,17,18). The zero-order valence-electron chi connectivity index (χ0n) is 11.7. The van der Waals surface area contributed by atoms with Gasteiger partial charge in [-0.2, -0.15) is 0 Å². The monoisotopic (exact) mass is 303 g/mol. The van der Waals surface area contributed by atoms with Crippen LogP contribution in [0.3, 0.4) is 0 Å². The van der Waals surface area contributed by atoms with Crippen LogP contribution in [0.5, 0.6) is 0 Å². The average Bonchev–Trinajstić information content (AvgIpc) is 2.53. The van der Waals surface area contributed by atoms with Gasteiger partial charge >= 0.3 is 0 Å². The molecule has 0 aromatic heterocycles. The van der Waals surface area contributed by atoms with Crippen LogP contribution in [0.2, 0.25) is 0 Å². The Kier molecular flexibility index (Phi) is 4.75. The van der Waals surface area contributed by atoms with Crippen LogP contribution in [-0.2, 0) is 16.4 Å². The summed E-state index contributed by atoms with van der Waals surface area (Å²) in [7, 11) is -3.42. The zero-order valence-corrected chi connectivity index (χ0v) is 12.6. The van der Waals surface area contributed by atoms with Crippen molar-refractivity contribution in [3.63, 3.8) is 0 Å². The molecule has 0 saturated heterocycles. The maximum atomic E-state index is 12.2. The number of benzene rings is 2. The highest BCUT2D eigenvalue weighted by atomic mass is 32.2. The topological polar surface area (TPSA) is 63.2 Å². The summed E-state index contributed by atoms with van der Waals surface area (Å²) in [6.07, 6.45) is 0. The third-order valence-corrected chi connectivity index (χ3v) is 4.93. The van der Waals surface area contributed by atoms with Gasteiger partial charge < -0.3 is 5.32 Å². The molecule has 0 unspecified atom stereocenters. The van der Waals surface area contributed by atoms with E-state index >= 15 is 0 Å². The Balaban J connectivity index is 2.21.